The second-order valence-electron chi connectivity index (χ2n) is 8.22. The molecule has 1 aliphatic rings. The Bertz CT molecular complexity index is 1400. The summed E-state index contributed by atoms with van der Waals surface area (Å²) in [6.07, 6.45) is -4.66. The number of hydrogen-bond donors (Lipinski definition) is 2. The molecule has 196 valence electrons. The zero-order chi connectivity index (χ0) is 27.0. The van der Waals surface area contributed by atoms with Gasteiger partial charge in [0.15, 0.2) is 0 Å². The highest BCUT2D eigenvalue weighted by Gasteiger charge is 2.44. The van der Waals surface area contributed by atoms with Gasteiger partial charge in [0, 0.05) is 30.3 Å². The van der Waals surface area contributed by atoms with Crippen LogP contribution in [0.2, 0.25) is 0 Å². The number of aromatic hydroxyl groups is 1. The number of carbonyl (C=O) groups is 1. The monoisotopic (exact) mass is 542 g/mol. The summed E-state index contributed by atoms with van der Waals surface area (Å²) < 4.78 is 92.3. The molecule has 14 heteroatoms. The molecule has 0 unspecified atom stereocenters. The number of benzene rings is 1. The number of alkyl halides is 4. The zero-order valence-electron chi connectivity index (χ0n) is 18.8. The first-order valence-corrected chi connectivity index (χ1v) is 12.2. The van der Waals surface area contributed by atoms with Gasteiger partial charge in [0.05, 0.1) is 23.3 Å². The van der Waals surface area contributed by atoms with Gasteiger partial charge in [-0.15, -0.1) is 0 Å². The number of rotatable bonds is 6. The molecule has 0 aliphatic carbocycles. The number of nitrogens with zero attached hydrogens (tertiary/aromatic N) is 3. The predicted molar refractivity (Wildman–Crippen MR) is 120 cm³/mol. The maximum Gasteiger partial charge on any atom is 0.433 e. The molecule has 1 amide bonds. The lowest BCUT2D eigenvalue weighted by molar-refractivity contribution is -0.141. The number of carbonyl (C=O) groups excluding carboxylic acids is 1. The number of amides is 1. The Hall–Kier alpha value is -3.65. The second kappa shape index (κ2) is 10.0. The molecule has 2 atom stereocenters. The number of halogens is 5. The van der Waals surface area contributed by atoms with Gasteiger partial charge in [-0.2, -0.15) is 17.5 Å². The molecule has 2 N–H and O–H groups in total. The quantitative estimate of drug-likeness (QED) is 0.462. The van der Waals surface area contributed by atoms with E-state index in [1.54, 1.807) is 0 Å². The van der Waals surface area contributed by atoms with Gasteiger partial charge in [-0.05, 0) is 36.4 Å². The molecule has 4 rings (SSSR count). The Morgan fingerprint density at radius 3 is 2.43 bits per heavy atom. The van der Waals surface area contributed by atoms with Crippen LogP contribution in [-0.2, 0) is 27.5 Å². The van der Waals surface area contributed by atoms with E-state index in [4.69, 9.17) is 0 Å². The van der Waals surface area contributed by atoms with Crippen molar-refractivity contribution in [2.45, 2.75) is 36.3 Å². The van der Waals surface area contributed by atoms with Gasteiger partial charge in [0.2, 0.25) is 15.9 Å². The number of pyridine rings is 2. The molecule has 0 saturated carbocycles. The topological polar surface area (TPSA) is 112 Å². The van der Waals surface area contributed by atoms with E-state index in [-0.39, 0.29) is 34.0 Å². The Kier molecular flexibility index (Phi) is 7.15. The minimum absolute atomic E-state index is 0.102. The molecular formula is C23H19F5N4O4S. The average molecular weight is 542 g/mol. The van der Waals surface area contributed by atoms with E-state index in [2.05, 4.69) is 15.3 Å². The number of hydrogen-bond acceptors (Lipinski definition) is 6. The van der Waals surface area contributed by atoms with Crippen LogP contribution in [0.1, 0.15) is 17.8 Å². The summed E-state index contributed by atoms with van der Waals surface area (Å²) in [6, 6.07) is 5.72. The SMILES string of the molecule is O=C(NCc1cc(-c2ccc(C(F)(F)F)nc2)c(O)cn1)[C@@H]1C[C@@H](F)CN1S(=O)(=O)c1ccc(F)cc1. The second-order valence-corrected chi connectivity index (χ2v) is 10.1. The summed E-state index contributed by atoms with van der Waals surface area (Å²) in [5.41, 5.74) is -0.664. The van der Waals surface area contributed by atoms with E-state index < -0.39 is 58.8 Å². The van der Waals surface area contributed by atoms with E-state index in [1.807, 2.05) is 0 Å². The highest BCUT2D eigenvalue weighted by molar-refractivity contribution is 7.89. The predicted octanol–water partition coefficient (Wildman–Crippen LogP) is 3.42. The first-order valence-electron chi connectivity index (χ1n) is 10.8. The van der Waals surface area contributed by atoms with Crippen molar-refractivity contribution >= 4 is 15.9 Å². The molecule has 0 radical (unpaired) electrons. The van der Waals surface area contributed by atoms with Crippen LogP contribution in [0.25, 0.3) is 11.1 Å². The van der Waals surface area contributed by atoms with Gasteiger partial charge in [0.25, 0.3) is 0 Å². The minimum atomic E-state index is -4.63. The van der Waals surface area contributed by atoms with Crippen LogP contribution in [0.15, 0.2) is 59.8 Å². The molecule has 2 aromatic heterocycles. The standard InChI is InChI=1S/C23H19F5N4O4S/c24-14-2-4-17(5-3-14)37(35,36)32-12-15(25)7-19(32)22(34)31-10-16-8-18(20(33)11-29-16)13-1-6-21(30-9-13)23(26,27)28/h1-6,8-9,11,15,19,33H,7,10,12H2,(H,31,34)/t15-,19+/m1/s1. The van der Waals surface area contributed by atoms with E-state index in [0.29, 0.717) is 4.31 Å². The van der Waals surface area contributed by atoms with E-state index in [9.17, 15) is 40.3 Å². The summed E-state index contributed by atoms with van der Waals surface area (Å²) in [5.74, 6) is -1.81. The lowest BCUT2D eigenvalue weighted by Gasteiger charge is -2.23. The van der Waals surface area contributed by atoms with Crippen molar-refractivity contribution in [2.24, 2.45) is 0 Å². The lowest BCUT2D eigenvalue weighted by atomic mass is 10.1. The zero-order valence-corrected chi connectivity index (χ0v) is 19.6. The van der Waals surface area contributed by atoms with Gasteiger partial charge >= 0.3 is 6.18 Å². The smallest absolute Gasteiger partial charge is 0.433 e. The number of nitrogens with one attached hydrogen (secondary N) is 1. The van der Waals surface area contributed by atoms with Crippen LogP contribution in [0, 0.1) is 5.82 Å². The summed E-state index contributed by atoms with van der Waals surface area (Å²) in [7, 11) is -4.30. The molecule has 1 aromatic carbocycles. The molecule has 0 bridgehead atoms. The summed E-state index contributed by atoms with van der Waals surface area (Å²) >= 11 is 0. The fraction of sp³-hybridized carbons (Fsp3) is 0.261. The van der Waals surface area contributed by atoms with Gasteiger partial charge in [0.1, 0.15) is 29.5 Å². The van der Waals surface area contributed by atoms with E-state index >= 15 is 0 Å². The fourth-order valence-corrected chi connectivity index (χ4v) is 5.46. The maximum atomic E-state index is 14.2. The van der Waals surface area contributed by atoms with Crippen LogP contribution in [0.4, 0.5) is 22.0 Å². The normalized spacial score (nSPS) is 18.6. The summed E-state index contributed by atoms with van der Waals surface area (Å²) in [5, 5.41) is 12.6. The van der Waals surface area contributed by atoms with Crippen molar-refractivity contribution in [3.05, 3.63) is 72.1 Å². The van der Waals surface area contributed by atoms with Crippen LogP contribution in [-0.4, -0.2) is 52.5 Å². The lowest BCUT2D eigenvalue weighted by Crippen LogP contribution is -2.45. The molecule has 8 nitrogen and oxygen atoms in total. The first-order chi connectivity index (χ1) is 17.4. The molecule has 37 heavy (non-hydrogen) atoms. The Balaban J connectivity index is 1.50. The van der Waals surface area contributed by atoms with Gasteiger partial charge in [-0.3, -0.25) is 14.8 Å². The van der Waals surface area contributed by atoms with Crippen molar-refractivity contribution in [3.8, 4) is 16.9 Å². The maximum absolute atomic E-state index is 14.2. The van der Waals surface area contributed by atoms with E-state index in [1.165, 1.54) is 6.07 Å². The Labute approximate surface area is 207 Å². The van der Waals surface area contributed by atoms with Crippen molar-refractivity contribution < 1.29 is 40.3 Å². The highest BCUT2D eigenvalue weighted by Crippen LogP contribution is 2.32. The Morgan fingerprint density at radius 2 is 1.81 bits per heavy atom. The van der Waals surface area contributed by atoms with Crippen LogP contribution in [0.3, 0.4) is 0 Å². The molecule has 3 heterocycles. The van der Waals surface area contributed by atoms with Crippen LogP contribution in [0.5, 0.6) is 5.75 Å². The largest absolute Gasteiger partial charge is 0.506 e. The molecule has 0 spiro atoms. The third-order valence-electron chi connectivity index (χ3n) is 5.68. The molecule has 1 aliphatic heterocycles. The van der Waals surface area contributed by atoms with Crippen LogP contribution < -0.4 is 5.32 Å². The van der Waals surface area contributed by atoms with Crippen molar-refractivity contribution in [1.82, 2.24) is 19.6 Å². The van der Waals surface area contributed by atoms with Crippen molar-refractivity contribution in [1.29, 1.82) is 0 Å². The first kappa shape index (κ1) is 26.4. The molecule has 1 fully saturated rings. The minimum Gasteiger partial charge on any atom is -0.506 e. The van der Waals surface area contributed by atoms with E-state index in [0.717, 1.165) is 48.8 Å². The number of aromatic nitrogens is 2. The van der Waals surface area contributed by atoms with Crippen LogP contribution >= 0.6 is 0 Å². The third kappa shape index (κ3) is 5.69. The Morgan fingerprint density at radius 1 is 1.11 bits per heavy atom. The van der Waals surface area contributed by atoms with Gasteiger partial charge < -0.3 is 10.4 Å². The molecule has 3 aromatic rings. The fourth-order valence-electron chi connectivity index (χ4n) is 3.84. The average Bonchev–Trinajstić information content (AvgIpc) is 3.26. The van der Waals surface area contributed by atoms with Crippen molar-refractivity contribution in [3.63, 3.8) is 0 Å². The summed E-state index contributed by atoms with van der Waals surface area (Å²) in [4.78, 5) is 19.8. The van der Waals surface area contributed by atoms with Gasteiger partial charge in [-0.1, -0.05) is 6.07 Å². The molecule has 1 saturated heterocycles. The number of sulfonamides is 1. The molecular weight excluding hydrogens is 523 g/mol. The van der Waals surface area contributed by atoms with Crippen molar-refractivity contribution in [2.75, 3.05) is 6.54 Å². The third-order valence-corrected chi connectivity index (χ3v) is 7.56. The highest BCUT2D eigenvalue weighted by atomic mass is 32.2. The van der Waals surface area contributed by atoms with Gasteiger partial charge in [-0.25, -0.2) is 17.2 Å². The summed E-state index contributed by atoms with van der Waals surface area (Å²) in [6.45, 7) is -0.807.